The van der Waals surface area contributed by atoms with E-state index in [2.05, 4.69) is 0 Å². The molecule has 1 rings (SSSR count). The predicted molar refractivity (Wildman–Crippen MR) is 63.3 cm³/mol. The van der Waals surface area contributed by atoms with E-state index < -0.39 is 0 Å². The van der Waals surface area contributed by atoms with Gasteiger partial charge < -0.3 is 0 Å². The molecule has 0 aliphatic heterocycles. The van der Waals surface area contributed by atoms with Gasteiger partial charge in [0.15, 0.2) is 0 Å². The smallest absolute Gasteiger partial charge is 0.147 e. The lowest BCUT2D eigenvalue weighted by Gasteiger charge is -2.21. The fraction of sp³-hybridized carbons (Fsp3) is 0.417. The number of ketones is 1. The summed E-state index contributed by atoms with van der Waals surface area (Å²) in [6, 6.07) is 7.57. The summed E-state index contributed by atoms with van der Waals surface area (Å²) < 4.78 is 0. The van der Waals surface area contributed by atoms with Crippen LogP contribution in [0.15, 0.2) is 24.3 Å². The largest absolute Gasteiger partial charge is 0.299 e. The van der Waals surface area contributed by atoms with Crippen LogP contribution in [-0.4, -0.2) is 30.8 Å². The molecule has 15 heavy (non-hydrogen) atoms. The zero-order valence-electron chi connectivity index (χ0n) is 9.33. The van der Waals surface area contributed by atoms with Crippen molar-refractivity contribution in [3.05, 3.63) is 34.9 Å². The van der Waals surface area contributed by atoms with Crippen LogP contribution >= 0.6 is 11.6 Å². The zero-order valence-corrected chi connectivity index (χ0v) is 10.1. The number of hydrogen-bond acceptors (Lipinski definition) is 2. The van der Waals surface area contributed by atoms with Crippen molar-refractivity contribution in [2.45, 2.75) is 19.4 Å². The van der Waals surface area contributed by atoms with Crippen LogP contribution in [-0.2, 0) is 11.2 Å². The molecule has 0 saturated carbocycles. The summed E-state index contributed by atoms with van der Waals surface area (Å²) in [7, 11) is 3.84. The molecule has 2 nitrogen and oxygen atoms in total. The van der Waals surface area contributed by atoms with Crippen molar-refractivity contribution in [2.75, 3.05) is 14.1 Å². The molecule has 0 heterocycles. The van der Waals surface area contributed by atoms with Gasteiger partial charge in [-0.2, -0.15) is 0 Å². The second kappa shape index (κ2) is 5.29. The van der Waals surface area contributed by atoms with E-state index >= 15 is 0 Å². The molecule has 1 atom stereocenters. The minimum Gasteiger partial charge on any atom is -0.299 e. The SMILES string of the molecule is CC(=O)[C@@H](Cc1ccc(Cl)cc1)N(C)C. The lowest BCUT2D eigenvalue weighted by Crippen LogP contribution is -2.36. The van der Waals surface area contributed by atoms with Gasteiger partial charge in [-0.1, -0.05) is 23.7 Å². The van der Waals surface area contributed by atoms with Gasteiger partial charge in [-0.15, -0.1) is 0 Å². The molecule has 1 aromatic carbocycles. The maximum Gasteiger partial charge on any atom is 0.147 e. The van der Waals surface area contributed by atoms with Gasteiger partial charge >= 0.3 is 0 Å². The van der Waals surface area contributed by atoms with Gasteiger partial charge in [0.25, 0.3) is 0 Å². The lowest BCUT2D eigenvalue weighted by atomic mass is 10.0. The Morgan fingerprint density at radius 2 is 1.87 bits per heavy atom. The molecule has 0 amide bonds. The number of Topliss-reactive ketones (excluding diaryl/α,β-unsaturated/α-hetero) is 1. The Morgan fingerprint density at radius 1 is 1.33 bits per heavy atom. The summed E-state index contributed by atoms with van der Waals surface area (Å²) in [5.74, 6) is 0.190. The van der Waals surface area contributed by atoms with E-state index in [-0.39, 0.29) is 11.8 Å². The van der Waals surface area contributed by atoms with Crippen molar-refractivity contribution in [2.24, 2.45) is 0 Å². The van der Waals surface area contributed by atoms with Crippen LogP contribution in [0.5, 0.6) is 0 Å². The molecule has 0 saturated heterocycles. The molecule has 0 radical (unpaired) electrons. The highest BCUT2D eigenvalue weighted by Gasteiger charge is 2.16. The molecule has 0 aromatic heterocycles. The van der Waals surface area contributed by atoms with Crippen LogP contribution in [0.2, 0.25) is 5.02 Å². The predicted octanol–water partition coefficient (Wildman–Crippen LogP) is 2.40. The molecule has 0 unspecified atom stereocenters. The summed E-state index contributed by atoms with van der Waals surface area (Å²) in [6.45, 7) is 1.63. The Kier molecular flexibility index (Phi) is 4.30. The van der Waals surface area contributed by atoms with Crippen LogP contribution in [0.1, 0.15) is 12.5 Å². The van der Waals surface area contributed by atoms with E-state index in [1.54, 1.807) is 6.92 Å². The number of benzene rings is 1. The monoisotopic (exact) mass is 225 g/mol. The van der Waals surface area contributed by atoms with Gasteiger partial charge in [-0.3, -0.25) is 9.69 Å². The van der Waals surface area contributed by atoms with Gasteiger partial charge in [0.2, 0.25) is 0 Å². The van der Waals surface area contributed by atoms with E-state index in [1.165, 1.54) is 0 Å². The van der Waals surface area contributed by atoms with Crippen molar-refractivity contribution in [1.82, 2.24) is 4.90 Å². The van der Waals surface area contributed by atoms with E-state index in [4.69, 9.17) is 11.6 Å². The van der Waals surface area contributed by atoms with Crippen LogP contribution < -0.4 is 0 Å². The van der Waals surface area contributed by atoms with Crippen molar-refractivity contribution in [3.8, 4) is 0 Å². The number of halogens is 1. The Balaban J connectivity index is 2.74. The Morgan fingerprint density at radius 3 is 2.27 bits per heavy atom. The van der Waals surface area contributed by atoms with Crippen LogP contribution in [0.3, 0.4) is 0 Å². The van der Waals surface area contributed by atoms with Gasteiger partial charge in [0, 0.05) is 5.02 Å². The number of likely N-dealkylation sites (N-methyl/N-ethyl adjacent to an activating group) is 1. The fourth-order valence-corrected chi connectivity index (χ4v) is 1.66. The third kappa shape index (κ3) is 3.65. The van der Waals surface area contributed by atoms with Crippen molar-refractivity contribution in [1.29, 1.82) is 0 Å². The maximum absolute atomic E-state index is 11.4. The Labute approximate surface area is 95.8 Å². The highest BCUT2D eigenvalue weighted by atomic mass is 35.5. The second-order valence-corrected chi connectivity index (χ2v) is 4.36. The molecule has 0 aliphatic carbocycles. The van der Waals surface area contributed by atoms with E-state index in [0.717, 1.165) is 17.0 Å². The number of carbonyl (C=O) groups excluding carboxylic acids is 1. The highest BCUT2D eigenvalue weighted by Crippen LogP contribution is 2.12. The average Bonchev–Trinajstić information content (AvgIpc) is 2.15. The lowest BCUT2D eigenvalue weighted by molar-refractivity contribution is -0.121. The van der Waals surface area contributed by atoms with E-state index in [9.17, 15) is 4.79 Å². The molecule has 0 N–H and O–H groups in total. The molecule has 82 valence electrons. The van der Waals surface area contributed by atoms with Crippen molar-refractivity contribution in [3.63, 3.8) is 0 Å². The summed E-state index contributed by atoms with van der Waals surface area (Å²) in [6.07, 6.45) is 0.736. The van der Waals surface area contributed by atoms with Crippen LogP contribution in [0, 0.1) is 0 Å². The normalized spacial score (nSPS) is 12.9. The van der Waals surface area contributed by atoms with E-state index in [0.29, 0.717) is 0 Å². The number of carbonyl (C=O) groups is 1. The number of hydrogen-bond donors (Lipinski definition) is 0. The first-order valence-electron chi connectivity index (χ1n) is 4.92. The molecule has 0 spiro atoms. The molecule has 0 aliphatic rings. The Hall–Kier alpha value is -0.860. The zero-order chi connectivity index (χ0) is 11.4. The third-order valence-corrected chi connectivity index (χ3v) is 2.69. The molecular formula is C12H16ClNO. The Bertz CT molecular complexity index is 332. The first-order valence-corrected chi connectivity index (χ1v) is 5.30. The quantitative estimate of drug-likeness (QED) is 0.785. The number of rotatable bonds is 4. The highest BCUT2D eigenvalue weighted by molar-refractivity contribution is 6.30. The summed E-state index contributed by atoms with van der Waals surface area (Å²) in [4.78, 5) is 13.3. The second-order valence-electron chi connectivity index (χ2n) is 3.92. The topological polar surface area (TPSA) is 20.3 Å². The molecule has 0 bridgehead atoms. The van der Waals surface area contributed by atoms with Crippen LogP contribution in [0.25, 0.3) is 0 Å². The minimum absolute atomic E-state index is 0.0498. The molecular weight excluding hydrogens is 210 g/mol. The van der Waals surface area contributed by atoms with Crippen LogP contribution in [0.4, 0.5) is 0 Å². The summed E-state index contributed by atoms with van der Waals surface area (Å²) >= 11 is 5.80. The van der Waals surface area contributed by atoms with Gasteiger partial charge in [-0.25, -0.2) is 0 Å². The van der Waals surface area contributed by atoms with Gasteiger partial charge in [-0.05, 0) is 45.1 Å². The summed E-state index contributed by atoms with van der Waals surface area (Å²) in [5.41, 5.74) is 1.13. The van der Waals surface area contributed by atoms with Gasteiger partial charge in [0.1, 0.15) is 5.78 Å². The standard InChI is InChI=1S/C12H16ClNO/c1-9(15)12(14(2)3)8-10-4-6-11(13)7-5-10/h4-7,12H,8H2,1-3H3/t12-/m1/s1. The average molecular weight is 226 g/mol. The van der Waals surface area contributed by atoms with Crippen molar-refractivity contribution < 1.29 is 4.79 Å². The first-order chi connectivity index (χ1) is 7.00. The molecule has 0 fully saturated rings. The van der Waals surface area contributed by atoms with Crippen molar-refractivity contribution >= 4 is 17.4 Å². The maximum atomic E-state index is 11.4. The number of nitrogens with zero attached hydrogens (tertiary/aromatic N) is 1. The molecule has 3 heteroatoms. The summed E-state index contributed by atoms with van der Waals surface area (Å²) in [5, 5.41) is 0.725. The minimum atomic E-state index is -0.0498. The van der Waals surface area contributed by atoms with Gasteiger partial charge in [0.05, 0.1) is 6.04 Å². The van der Waals surface area contributed by atoms with E-state index in [1.807, 2.05) is 43.3 Å². The first kappa shape index (κ1) is 12.2. The fourth-order valence-electron chi connectivity index (χ4n) is 1.53. The third-order valence-electron chi connectivity index (χ3n) is 2.43. The molecule has 1 aromatic rings.